The quantitative estimate of drug-likeness (QED) is 0.712. The topological polar surface area (TPSA) is 70.2 Å². The number of benzene rings is 2. The molecular formula is C22H23N5O. The van der Waals surface area contributed by atoms with Crippen molar-refractivity contribution in [1.82, 2.24) is 10.2 Å². The Labute approximate surface area is 164 Å². The summed E-state index contributed by atoms with van der Waals surface area (Å²) in [4.78, 5) is 14.5. The molecular weight excluding hydrogens is 350 g/mol. The first kappa shape index (κ1) is 18.0. The van der Waals surface area contributed by atoms with Gasteiger partial charge in [-0.15, -0.1) is 10.2 Å². The Bertz CT molecular complexity index is 899. The van der Waals surface area contributed by atoms with Crippen LogP contribution in [0.1, 0.15) is 23.3 Å². The molecule has 1 saturated heterocycles. The van der Waals surface area contributed by atoms with Crippen molar-refractivity contribution in [1.29, 1.82) is 0 Å². The zero-order valence-corrected chi connectivity index (χ0v) is 15.6. The lowest BCUT2D eigenvalue weighted by Gasteiger charge is -2.34. The van der Waals surface area contributed by atoms with Crippen LogP contribution in [0, 0.1) is 0 Å². The Kier molecular flexibility index (Phi) is 5.47. The lowest BCUT2D eigenvalue weighted by atomic mass is 10.1. The number of carbonyl (C=O) groups excluding carboxylic acids is 1. The molecule has 0 bridgehead atoms. The lowest BCUT2D eigenvalue weighted by molar-refractivity contribution is 0.102. The highest BCUT2D eigenvalue weighted by molar-refractivity contribution is 6.02. The van der Waals surface area contributed by atoms with Crippen LogP contribution in [-0.2, 0) is 0 Å². The van der Waals surface area contributed by atoms with Crippen molar-refractivity contribution in [2.24, 2.45) is 0 Å². The van der Waals surface area contributed by atoms with Crippen LogP contribution in [0.5, 0.6) is 0 Å². The number of hydrogen-bond donors (Lipinski definition) is 2. The molecule has 1 aliphatic rings. The summed E-state index contributed by atoms with van der Waals surface area (Å²) in [5, 5.41) is 14.8. The van der Waals surface area contributed by atoms with E-state index in [1.54, 1.807) is 6.07 Å². The maximum atomic E-state index is 12.3. The lowest BCUT2D eigenvalue weighted by Crippen LogP contribution is -2.42. The van der Waals surface area contributed by atoms with E-state index >= 15 is 0 Å². The Balaban J connectivity index is 1.38. The van der Waals surface area contributed by atoms with Gasteiger partial charge >= 0.3 is 0 Å². The maximum Gasteiger partial charge on any atom is 0.276 e. The molecule has 0 saturated carbocycles. The normalized spacial score (nSPS) is 16.4. The monoisotopic (exact) mass is 373 g/mol. The van der Waals surface area contributed by atoms with Crippen LogP contribution < -0.4 is 15.5 Å². The number of hydrogen-bond acceptors (Lipinski definition) is 5. The number of carbonyl (C=O) groups is 1. The summed E-state index contributed by atoms with van der Waals surface area (Å²) >= 11 is 0. The van der Waals surface area contributed by atoms with Crippen molar-refractivity contribution in [3.05, 3.63) is 78.5 Å². The average molecular weight is 373 g/mol. The minimum absolute atomic E-state index is 0.257. The van der Waals surface area contributed by atoms with Crippen LogP contribution in [0.2, 0.25) is 0 Å². The summed E-state index contributed by atoms with van der Waals surface area (Å²) in [6, 6.07) is 23.6. The molecule has 1 amide bonds. The van der Waals surface area contributed by atoms with Gasteiger partial charge in [-0.3, -0.25) is 4.79 Å². The summed E-state index contributed by atoms with van der Waals surface area (Å²) in [6.45, 7) is 1.80. The molecule has 1 unspecified atom stereocenters. The number of para-hydroxylation sites is 2. The van der Waals surface area contributed by atoms with Crippen molar-refractivity contribution in [2.75, 3.05) is 28.6 Å². The van der Waals surface area contributed by atoms with E-state index in [9.17, 15) is 4.79 Å². The van der Waals surface area contributed by atoms with Gasteiger partial charge in [0.25, 0.3) is 5.91 Å². The van der Waals surface area contributed by atoms with Gasteiger partial charge in [0, 0.05) is 30.5 Å². The molecule has 6 nitrogen and oxygen atoms in total. The fourth-order valence-electron chi connectivity index (χ4n) is 3.40. The van der Waals surface area contributed by atoms with E-state index in [2.05, 4.69) is 37.9 Å². The van der Waals surface area contributed by atoms with Gasteiger partial charge in [-0.2, -0.15) is 0 Å². The molecule has 1 atom stereocenters. The molecule has 142 valence electrons. The number of anilines is 3. The average Bonchev–Trinajstić information content (AvgIpc) is 2.75. The smallest absolute Gasteiger partial charge is 0.276 e. The fraction of sp³-hybridized carbons (Fsp3) is 0.227. The zero-order chi connectivity index (χ0) is 19.2. The van der Waals surface area contributed by atoms with E-state index in [0.29, 0.717) is 11.7 Å². The van der Waals surface area contributed by atoms with E-state index in [4.69, 9.17) is 0 Å². The summed E-state index contributed by atoms with van der Waals surface area (Å²) in [5.74, 6) is 0.545. The number of amides is 1. The highest BCUT2D eigenvalue weighted by atomic mass is 16.1. The van der Waals surface area contributed by atoms with Crippen LogP contribution in [0.4, 0.5) is 17.2 Å². The van der Waals surface area contributed by atoms with E-state index in [1.807, 2.05) is 54.6 Å². The first-order valence-corrected chi connectivity index (χ1v) is 9.54. The highest BCUT2D eigenvalue weighted by Crippen LogP contribution is 2.20. The van der Waals surface area contributed by atoms with Crippen LogP contribution in [0.15, 0.2) is 72.8 Å². The second-order valence-electron chi connectivity index (χ2n) is 6.89. The zero-order valence-electron chi connectivity index (χ0n) is 15.6. The maximum absolute atomic E-state index is 12.3. The Morgan fingerprint density at radius 2 is 1.61 bits per heavy atom. The predicted octanol–water partition coefficient (Wildman–Crippen LogP) is 3.81. The molecule has 6 heteroatoms. The molecule has 0 spiro atoms. The molecule has 2 N–H and O–H groups in total. The van der Waals surface area contributed by atoms with Gasteiger partial charge in [-0.1, -0.05) is 36.4 Å². The highest BCUT2D eigenvalue weighted by Gasteiger charge is 2.21. The first-order chi connectivity index (χ1) is 13.8. The third kappa shape index (κ3) is 4.46. The van der Waals surface area contributed by atoms with Gasteiger partial charge in [-0.05, 0) is 49.2 Å². The van der Waals surface area contributed by atoms with Crippen LogP contribution in [0.3, 0.4) is 0 Å². The van der Waals surface area contributed by atoms with Crippen molar-refractivity contribution < 1.29 is 4.79 Å². The summed E-state index contributed by atoms with van der Waals surface area (Å²) < 4.78 is 0. The van der Waals surface area contributed by atoms with Gasteiger partial charge in [-0.25, -0.2) is 0 Å². The molecule has 2 aromatic carbocycles. The van der Waals surface area contributed by atoms with Gasteiger partial charge in [0.1, 0.15) is 0 Å². The van der Waals surface area contributed by atoms with E-state index in [-0.39, 0.29) is 5.91 Å². The van der Waals surface area contributed by atoms with Crippen molar-refractivity contribution in [2.45, 2.75) is 18.9 Å². The summed E-state index contributed by atoms with van der Waals surface area (Å²) in [7, 11) is 0. The SMILES string of the molecule is O=C(Nc1ccccc1)c1ccc(N2CCCC(Nc3ccccc3)C2)nn1. The standard InChI is InChI=1S/C22H23N5O/c28-22(24-18-10-5-2-6-11-18)20-13-14-21(26-25-20)27-15-7-12-19(16-27)23-17-8-3-1-4-9-17/h1-6,8-11,13-14,19,23H,7,12,15-16H2,(H,24,28). The van der Waals surface area contributed by atoms with Crippen molar-refractivity contribution in [3.8, 4) is 0 Å². The van der Waals surface area contributed by atoms with Crippen LogP contribution >= 0.6 is 0 Å². The van der Waals surface area contributed by atoms with Gasteiger partial charge in [0.2, 0.25) is 0 Å². The predicted molar refractivity (Wildman–Crippen MR) is 112 cm³/mol. The number of nitrogens with one attached hydrogen (secondary N) is 2. The minimum atomic E-state index is -0.257. The van der Waals surface area contributed by atoms with E-state index in [0.717, 1.165) is 43.1 Å². The number of aromatic nitrogens is 2. The first-order valence-electron chi connectivity index (χ1n) is 9.54. The Morgan fingerprint density at radius 1 is 0.893 bits per heavy atom. The molecule has 0 aliphatic carbocycles. The number of rotatable bonds is 5. The number of piperidine rings is 1. The Morgan fingerprint density at radius 3 is 2.29 bits per heavy atom. The van der Waals surface area contributed by atoms with Gasteiger partial charge < -0.3 is 15.5 Å². The van der Waals surface area contributed by atoms with Gasteiger partial charge in [0.15, 0.2) is 11.5 Å². The second-order valence-corrected chi connectivity index (χ2v) is 6.89. The summed E-state index contributed by atoms with van der Waals surface area (Å²) in [5.41, 5.74) is 2.18. The summed E-state index contributed by atoms with van der Waals surface area (Å²) in [6.07, 6.45) is 2.21. The fourth-order valence-corrected chi connectivity index (χ4v) is 3.40. The third-order valence-electron chi connectivity index (χ3n) is 4.80. The van der Waals surface area contributed by atoms with E-state index < -0.39 is 0 Å². The van der Waals surface area contributed by atoms with Crippen LogP contribution in [0.25, 0.3) is 0 Å². The van der Waals surface area contributed by atoms with Crippen molar-refractivity contribution in [3.63, 3.8) is 0 Å². The molecule has 28 heavy (non-hydrogen) atoms. The molecule has 4 rings (SSSR count). The molecule has 1 aliphatic heterocycles. The largest absolute Gasteiger partial charge is 0.381 e. The second kappa shape index (κ2) is 8.52. The molecule has 0 radical (unpaired) electrons. The minimum Gasteiger partial charge on any atom is -0.381 e. The van der Waals surface area contributed by atoms with Crippen LogP contribution in [-0.4, -0.2) is 35.2 Å². The molecule has 2 heterocycles. The van der Waals surface area contributed by atoms with Gasteiger partial charge in [0.05, 0.1) is 0 Å². The Hall–Kier alpha value is -3.41. The molecule has 3 aromatic rings. The molecule has 1 aromatic heterocycles. The van der Waals surface area contributed by atoms with Crippen molar-refractivity contribution >= 4 is 23.1 Å². The third-order valence-corrected chi connectivity index (χ3v) is 4.80. The molecule has 1 fully saturated rings. The number of nitrogens with zero attached hydrogens (tertiary/aromatic N) is 3. The van der Waals surface area contributed by atoms with E-state index in [1.165, 1.54) is 0 Å².